The molecular weight excluding hydrogens is 110 g/mol. The van der Waals surface area contributed by atoms with Crippen LogP contribution in [-0.2, 0) is 0 Å². The second kappa shape index (κ2) is 5.22. The van der Waals surface area contributed by atoms with Crippen molar-refractivity contribution in [1.29, 1.82) is 0 Å². The summed E-state index contributed by atoms with van der Waals surface area (Å²) in [7, 11) is 0. The Bertz CT molecular complexity index is 136. The molecule has 1 N–H and O–H groups in total. The zero-order chi connectivity index (χ0) is 7.11. The van der Waals surface area contributed by atoms with Gasteiger partial charge < -0.3 is 5.32 Å². The monoisotopic (exact) mass is 121 g/mol. The summed E-state index contributed by atoms with van der Waals surface area (Å²) in [5.41, 5.74) is 0. The maximum atomic E-state index is 5.14. The molecule has 0 aliphatic carbocycles. The van der Waals surface area contributed by atoms with Gasteiger partial charge in [0.15, 0.2) is 0 Å². The maximum absolute atomic E-state index is 5.14. The van der Waals surface area contributed by atoms with Gasteiger partial charge in [0, 0.05) is 6.42 Å². The first kappa shape index (κ1) is 8.08. The summed E-state index contributed by atoms with van der Waals surface area (Å²) in [6, 6.07) is 0.0556. The predicted molar refractivity (Wildman–Crippen MR) is 39.7 cm³/mol. The van der Waals surface area contributed by atoms with E-state index in [0.29, 0.717) is 6.42 Å². The van der Waals surface area contributed by atoms with Gasteiger partial charge in [0.05, 0.1) is 6.04 Å². The largest absolute Gasteiger partial charge is 0.303 e. The Hall–Kier alpha value is -0.920. The standard InChI is InChI=1S/C8H11N/c1-4-7-8(5-2)9-6-3/h1-2,8-9H,6-7H2,3H3/t8-/m1/s1. The minimum atomic E-state index is 0.0556. The molecule has 9 heavy (non-hydrogen) atoms. The van der Waals surface area contributed by atoms with Crippen LogP contribution in [0, 0.1) is 24.7 Å². The molecule has 0 unspecified atom stereocenters. The third-order valence-corrected chi connectivity index (χ3v) is 0.974. The van der Waals surface area contributed by atoms with Crippen LogP contribution in [0.3, 0.4) is 0 Å². The summed E-state index contributed by atoms with van der Waals surface area (Å²) in [5, 5.41) is 3.05. The van der Waals surface area contributed by atoms with E-state index in [1.807, 2.05) is 6.92 Å². The molecule has 0 aromatic rings. The summed E-state index contributed by atoms with van der Waals surface area (Å²) in [6.07, 6.45) is 10.8. The van der Waals surface area contributed by atoms with Crippen molar-refractivity contribution in [3.63, 3.8) is 0 Å². The Kier molecular flexibility index (Phi) is 4.69. The van der Waals surface area contributed by atoms with Crippen LogP contribution < -0.4 is 5.32 Å². The molecule has 0 spiro atoms. The highest BCUT2D eigenvalue weighted by molar-refractivity contribution is 5.04. The molecule has 48 valence electrons. The van der Waals surface area contributed by atoms with Crippen molar-refractivity contribution in [2.75, 3.05) is 6.54 Å². The highest BCUT2D eigenvalue weighted by Crippen LogP contribution is 1.85. The summed E-state index contributed by atoms with van der Waals surface area (Å²) < 4.78 is 0. The molecule has 0 rings (SSSR count). The molecule has 0 saturated carbocycles. The molecule has 0 heterocycles. The van der Waals surface area contributed by atoms with Crippen LogP contribution in [0.5, 0.6) is 0 Å². The van der Waals surface area contributed by atoms with Crippen LogP contribution in [0.25, 0.3) is 0 Å². The molecule has 1 atom stereocenters. The quantitative estimate of drug-likeness (QED) is 0.540. The van der Waals surface area contributed by atoms with Gasteiger partial charge in [-0.05, 0) is 6.54 Å². The molecule has 0 aromatic carbocycles. The van der Waals surface area contributed by atoms with Crippen LogP contribution in [0.2, 0.25) is 0 Å². The maximum Gasteiger partial charge on any atom is 0.0797 e. The summed E-state index contributed by atoms with van der Waals surface area (Å²) in [6.45, 7) is 2.87. The first-order valence-corrected chi connectivity index (χ1v) is 2.98. The molecule has 0 amide bonds. The second-order valence-corrected chi connectivity index (χ2v) is 1.69. The lowest BCUT2D eigenvalue weighted by atomic mass is 10.2. The van der Waals surface area contributed by atoms with E-state index in [0.717, 1.165) is 6.54 Å². The fraction of sp³-hybridized carbons (Fsp3) is 0.500. The minimum absolute atomic E-state index is 0.0556. The van der Waals surface area contributed by atoms with E-state index >= 15 is 0 Å². The van der Waals surface area contributed by atoms with Gasteiger partial charge >= 0.3 is 0 Å². The highest BCUT2D eigenvalue weighted by Gasteiger charge is 1.96. The number of hydrogen-bond donors (Lipinski definition) is 1. The average Bonchev–Trinajstić information content (AvgIpc) is 1.88. The topological polar surface area (TPSA) is 12.0 Å². The van der Waals surface area contributed by atoms with E-state index in [4.69, 9.17) is 12.8 Å². The van der Waals surface area contributed by atoms with Crippen molar-refractivity contribution in [1.82, 2.24) is 5.32 Å². The lowest BCUT2D eigenvalue weighted by molar-refractivity contribution is 0.645. The first-order valence-electron chi connectivity index (χ1n) is 2.98. The van der Waals surface area contributed by atoms with Gasteiger partial charge in [-0.15, -0.1) is 18.8 Å². The van der Waals surface area contributed by atoms with E-state index in [1.165, 1.54) is 0 Å². The van der Waals surface area contributed by atoms with Crippen LogP contribution in [0.15, 0.2) is 0 Å². The van der Waals surface area contributed by atoms with Crippen molar-refractivity contribution < 1.29 is 0 Å². The molecule has 0 saturated heterocycles. The summed E-state index contributed by atoms with van der Waals surface area (Å²) >= 11 is 0. The molecule has 0 aliphatic rings. The molecule has 0 bridgehead atoms. The third-order valence-electron chi connectivity index (χ3n) is 0.974. The normalized spacial score (nSPS) is 11.4. The van der Waals surface area contributed by atoms with Gasteiger partial charge in [-0.25, -0.2) is 0 Å². The van der Waals surface area contributed by atoms with Gasteiger partial charge in [0.2, 0.25) is 0 Å². The number of rotatable bonds is 3. The van der Waals surface area contributed by atoms with E-state index in [-0.39, 0.29) is 6.04 Å². The Morgan fingerprint density at radius 1 is 1.56 bits per heavy atom. The zero-order valence-electron chi connectivity index (χ0n) is 5.65. The van der Waals surface area contributed by atoms with Gasteiger partial charge in [0.1, 0.15) is 0 Å². The Morgan fingerprint density at radius 3 is 2.56 bits per heavy atom. The number of nitrogens with one attached hydrogen (secondary N) is 1. The molecular formula is C8H11N. The Balaban J connectivity index is 3.48. The molecule has 1 nitrogen and oxygen atoms in total. The van der Waals surface area contributed by atoms with Gasteiger partial charge in [-0.1, -0.05) is 12.8 Å². The van der Waals surface area contributed by atoms with Crippen molar-refractivity contribution >= 4 is 0 Å². The third kappa shape index (κ3) is 3.64. The van der Waals surface area contributed by atoms with Crippen molar-refractivity contribution in [2.24, 2.45) is 0 Å². The predicted octanol–water partition coefficient (Wildman–Crippen LogP) is 0.621. The van der Waals surface area contributed by atoms with Crippen molar-refractivity contribution in [2.45, 2.75) is 19.4 Å². The van der Waals surface area contributed by atoms with Crippen LogP contribution in [0.1, 0.15) is 13.3 Å². The fourth-order valence-electron chi connectivity index (χ4n) is 0.554. The lowest BCUT2D eigenvalue weighted by Gasteiger charge is -2.05. The number of hydrogen-bond acceptors (Lipinski definition) is 1. The second-order valence-electron chi connectivity index (χ2n) is 1.69. The van der Waals surface area contributed by atoms with Gasteiger partial charge in [0.25, 0.3) is 0 Å². The lowest BCUT2D eigenvalue weighted by Crippen LogP contribution is -2.26. The minimum Gasteiger partial charge on any atom is -0.303 e. The SMILES string of the molecule is C#CC[C@@H](C#C)NCC. The Labute approximate surface area is 56.8 Å². The molecule has 0 fully saturated rings. The molecule has 1 heteroatoms. The van der Waals surface area contributed by atoms with Gasteiger partial charge in [-0.3, -0.25) is 0 Å². The Morgan fingerprint density at radius 2 is 2.22 bits per heavy atom. The van der Waals surface area contributed by atoms with Gasteiger partial charge in [-0.2, -0.15) is 0 Å². The van der Waals surface area contributed by atoms with Crippen LogP contribution >= 0.6 is 0 Å². The van der Waals surface area contributed by atoms with Crippen molar-refractivity contribution in [3.8, 4) is 24.7 Å². The van der Waals surface area contributed by atoms with Crippen LogP contribution in [-0.4, -0.2) is 12.6 Å². The van der Waals surface area contributed by atoms with Crippen LogP contribution in [0.4, 0.5) is 0 Å². The first-order chi connectivity index (χ1) is 4.35. The smallest absolute Gasteiger partial charge is 0.0797 e. The molecule has 0 aliphatic heterocycles. The van der Waals surface area contributed by atoms with E-state index < -0.39 is 0 Å². The zero-order valence-corrected chi connectivity index (χ0v) is 5.65. The summed E-state index contributed by atoms with van der Waals surface area (Å²) in [5.74, 6) is 5.05. The molecule has 0 aromatic heterocycles. The van der Waals surface area contributed by atoms with E-state index in [2.05, 4.69) is 17.2 Å². The van der Waals surface area contributed by atoms with Crippen molar-refractivity contribution in [3.05, 3.63) is 0 Å². The average molecular weight is 121 g/mol. The number of terminal acetylenes is 2. The highest BCUT2D eigenvalue weighted by atomic mass is 14.9. The molecule has 0 radical (unpaired) electrons. The summed E-state index contributed by atoms with van der Waals surface area (Å²) in [4.78, 5) is 0. The fourth-order valence-corrected chi connectivity index (χ4v) is 0.554. The van der Waals surface area contributed by atoms with E-state index in [9.17, 15) is 0 Å². The van der Waals surface area contributed by atoms with E-state index in [1.54, 1.807) is 0 Å².